The maximum Gasteiger partial charge on any atom is 0.280 e. The fraction of sp³-hybridized carbons (Fsp3) is 0.240. The van der Waals surface area contributed by atoms with Crippen LogP contribution in [-0.2, 0) is 11.3 Å². The highest BCUT2D eigenvalue weighted by Gasteiger charge is 2.21. The van der Waals surface area contributed by atoms with Crippen LogP contribution in [0.25, 0.3) is 16.7 Å². The molecule has 8 nitrogen and oxygen atoms in total. The molecule has 1 fully saturated rings. The number of benzene rings is 1. The Balaban J connectivity index is 1.86. The molecule has 0 bridgehead atoms. The molecular formula is C25H20BrN5O3. The van der Waals surface area contributed by atoms with E-state index in [1.54, 1.807) is 41.1 Å². The van der Waals surface area contributed by atoms with Crippen LogP contribution < -0.4 is 11.0 Å². The fourth-order valence-corrected chi connectivity index (χ4v) is 4.70. The first-order chi connectivity index (χ1) is 16.5. The summed E-state index contributed by atoms with van der Waals surface area (Å²) in [6, 6.07) is 14.2. The van der Waals surface area contributed by atoms with Gasteiger partial charge in [-0.2, -0.15) is 10.3 Å². The van der Waals surface area contributed by atoms with E-state index in [4.69, 9.17) is 9.72 Å². The van der Waals surface area contributed by atoms with Crippen molar-refractivity contribution >= 4 is 38.5 Å². The third-order valence-electron chi connectivity index (χ3n) is 5.95. The number of halogens is 1. The van der Waals surface area contributed by atoms with Crippen LogP contribution in [0.1, 0.15) is 34.3 Å². The van der Waals surface area contributed by atoms with Crippen molar-refractivity contribution in [2.45, 2.75) is 32.4 Å². The summed E-state index contributed by atoms with van der Waals surface area (Å²) in [5.74, 6) is -0.502. The lowest BCUT2D eigenvalue weighted by Crippen LogP contribution is -2.33. The minimum absolute atomic E-state index is 0.123. The monoisotopic (exact) mass is 517 g/mol. The molecule has 4 heterocycles. The smallest absolute Gasteiger partial charge is 0.280 e. The largest absolute Gasteiger partial charge is 0.376 e. The van der Waals surface area contributed by atoms with Crippen molar-refractivity contribution in [1.29, 1.82) is 5.26 Å². The molecule has 0 aliphatic carbocycles. The summed E-state index contributed by atoms with van der Waals surface area (Å²) in [5, 5.41) is 10.2. The molecular weight excluding hydrogens is 498 g/mol. The first-order valence-corrected chi connectivity index (χ1v) is 11.7. The Bertz CT molecular complexity index is 1620. The molecule has 0 radical (unpaired) electrons. The number of rotatable bonds is 3. The lowest BCUT2D eigenvalue weighted by atomic mass is 10.2. The Labute approximate surface area is 202 Å². The number of carbonyl (C=O) groups excluding carboxylic acids is 1. The second-order valence-electron chi connectivity index (χ2n) is 8.17. The zero-order chi connectivity index (χ0) is 23.8. The molecule has 3 aromatic heterocycles. The number of aryl methyl sites for hydroxylation is 1. The van der Waals surface area contributed by atoms with Crippen molar-refractivity contribution in [2.24, 2.45) is 4.99 Å². The number of amides is 1. The number of nitriles is 1. The molecule has 1 aliphatic heterocycles. The first kappa shape index (κ1) is 22.2. The third kappa shape index (κ3) is 3.85. The van der Waals surface area contributed by atoms with Gasteiger partial charge in [0, 0.05) is 17.3 Å². The van der Waals surface area contributed by atoms with Gasteiger partial charge in [0.2, 0.25) is 0 Å². The van der Waals surface area contributed by atoms with Crippen molar-refractivity contribution in [1.82, 2.24) is 14.0 Å². The lowest BCUT2D eigenvalue weighted by molar-refractivity contribution is 0.0952. The number of hydrogen-bond acceptors (Lipinski definition) is 5. The van der Waals surface area contributed by atoms with E-state index in [0.717, 1.165) is 18.4 Å². The quantitative estimate of drug-likeness (QED) is 0.387. The van der Waals surface area contributed by atoms with Gasteiger partial charge in [-0.05, 0) is 65.5 Å². The first-order valence-electron chi connectivity index (χ1n) is 10.9. The van der Waals surface area contributed by atoms with Gasteiger partial charge in [-0.1, -0.05) is 18.2 Å². The van der Waals surface area contributed by atoms with E-state index in [0.29, 0.717) is 34.5 Å². The number of hydrogen-bond donors (Lipinski definition) is 0. The molecule has 1 amide bonds. The molecule has 1 atom stereocenters. The second-order valence-corrected chi connectivity index (χ2v) is 9.03. The van der Waals surface area contributed by atoms with Crippen LogP contribution >= 0.6 is 15.9 Å². The molecule has 5 rings (SSSR count). The number of pyridine rings is 2. The molecule has 1 aliphatic rings. The van der Waals surface area contributed by atoms with E-state index < -0.39 is 5.91 Å². The Hall–Kier alpha value is -3.61. The van der Waals surface area contributed by atoms with Crippen LogP contribution in [0.5, 0.6) is 0 Å². The third-order valence-corrected chi connectivity index (χ3v) is 6.64. The van der Waals surface area contributed by atoms with Gasteiger partial charge in [-0.3, -0.25) is 14.0 Å². The summed E-state index contributed by atoms with van der Waals surface area (Å²) in [7, 11) is 0. The van der Waals surface area contributed by atoms with Gasteiger partial charge in [-0.25, -0.2) is 4.98 Å². The average Bonchev–Trinajstić information content (AvgIpc) is 3.35. The zero-order valence-corrected chi connectivity index (χ0v) is 19.9. The minimum Gasteiger partial charge on any atom is -0.376 e. The maximum atomic E-state index is 13.4. The summed E-state index contributed by atoms with van der Waals surface area (Å²) in [6.07, 6.45) is 3.27. The summed E-state index contributed by atoms with van der Waals surface area (Å²) < 4.78 is 9.60. The van der Waals surface area contributed by atoms with E-state index in [-0.39, 0.29) is 28.1 Å². The molecule has 0 unspecified atom stereocenters. The highest BCUT2D eigenvalue weighted by molar-refractivity contribution is 9.10. The summed E-state index contributed by atoms with van der Waals surface area (Å²) in [6.45, 7) is 2.84. The van der Waals surface area contributed by atoms with Gasteiger partial charge >= 0.3 is 0 Å². The van der Waals surface area contributed by atoms with Gasteiger partial charge in [0.25, 0.3) is 11.5 Å². The summed E-state index contributed by atoms with van der Waals surface area (Å²) >= 11 is 3.39. The molecule has 0 spiro atoms. The van der Waals surface area contributed by atoms with Crippen LogP contribution in [0.2, 0.25) is 0 Å². The van der Waals surface area contributed by atoms with Crippen molar-refractivity contribution < 1.29 is 9.53 Å². The van der Waals surface area contributed by atoms with Crippen LogP contribution in [0.15, 0.2) is 62.9 Å². The van der Waals surface area contributed by atoms with Gasteiger partial charge in [0.15, 0.2) is 5.49 Å². The minimum atomic E-state index is -0.502. The number of nitrogens with zero attached hydrogens (tertiary/aromatic N) is 5. The Morgan fingerprint density at radius 1 is 1.29 bits per heavy atom. The van der Waals surface area contributed by atoms with Gasteiger partial charge in [0.1, 0.15) is 17.4 Å². The van der Waals surface area contributed by atoms with Gasteiger partial charge < -0.3 is 9.30 Å². The Morgan fingerprint density at radius 3 is 2.85 bits per heavy atom. The van der Waals surface area contributed by atoms with Gasteiger partial charge in [0.05, 0.1) is 29.2 Å². The van der Waals surface area contributed by atoms with Crippen molar-refractivity contribution in [2.75, 3.05) is 6.61 Å². The standard InChI is InChI=1S/C25H20BrN5O3/c1-15-6-4-10-30-21(15)28-23-19(25(30)33)12-16(13-27)22(31(23)14-17-7-5-11-34-17)29-24(32)18-8-2-3-9-20(18)26/h2-4,6,8-10,12,17H,5,7,11,14H2,1H3/t17-/m1/s1. The molecule has 1 saturated heterocycles. The van der Waals surface area contributed by atoms with E-state index in [1.165, 1.54) is 10.5 Å². The Kier molecular flexibility index (Phi) is 5.86. The predicted molar refractivity (Wildman–Crippen MR) is 129 cm³/mol. The van der Waals surface area contributed by atoms with Crippen LogP contribution in [0.4, 0.5) is 0 Å². The Morgan fingerprint density at radius 2 is 2.12 bits per heavy atom. The molecule has 34 heavy (non-hydrogen) atoms. The lowest BCUT2D eigenvalue weighted by Gasteiger charge is -2.17. The highest BCUT2D eigenvalue weighted by atomic mass is 79.9. The fourth-order valence-electron chi connectivity index (χ4n) is 4.25. The topological polar surface area (TPSA) is 102 Å². The van der Waals surface area contributed by atoms with E-state index >= 15 is 0 Å². The van der Waals surface area contributed by atoms with E-state index in [2.05, 4.69) is 27.0 Å². The highest BCUT2D eigenvalue weighted by Crippen LogP contribution is 2.19. The molecule has 1 aromatic carbocycles. The van der Waals surface area contributed by atoms with Crippen molar-refractivity contribution in [3.8, 4) is 6.07 Å². The van der Waals surface area contributed by atoms with Crippen LogP contribution in [-0.4, -0.2) is 32.6 Å². The molecule has 0 saturated carbocycles. The normalized spacial score (nSPS) is 16.3. The molecule has 9 heteroatoms. The van der Waals surface area contributed by atoms with Gasteiger partial charge in [-0.15, -0.1) is 0 Å². The zero-order valence-electron chi connectivity index (χ0n) is 18.4. The molecule has 4 aromatic rings. The van der Waals surface area contributed by atoms with Crippen LogP contribution in [0, 0.1) is 18.3 Å². The number of fused-ring (bicyclic) bond motifs is 2. The second kappa shape index (κ2) is 8.97. The number of aromatic nitrogens is 3. The van der Waals surface area contributed by atoms with E-state index in [9.17, 15) is 14.9 Å². The van der Waals surface area contributed by atoms with E-state index in [1.807, 2.05) is 13.0 Å². The number of carbonyl (C=O) groups is 1. The van der Waals surface area contributed by atoms with Crippen LogP contribution in [0.3, 0.4) is 0 Å². The summed E-state index contributed by atoms with van der Waals surface area (Å²) in [5.41, 5.74) is 2.08. The predicted octanol–water partition coefficient (Wildman–Crippen LogP) is 3.51. The molecule has 170 valence electrons. The average molecular weight is 518 g/mol. The SMILES string of the molecule is Cc1cccn2c(=O)c3cc(C#N)c(=NC(=O)c4ccccc4Br)n(C[C@H]4CCCO4)c3nc12. The van der Waals surface area contributed by atoms with Crippen molar-refractivity contribution in [3.05, 3.63) is 85.7 Å². The van der Waals surface area contributed by atoms with Crippen molar-refractivity contribution in [3.63, 3.8) is 0 Å². The maximum absolute atomic E-state index is 13.4. The number of ether oxygens (including phenoxy) is 1. The molecule has 0 N–H and O–H groups in total. The summed E-state index contributed by atoms with van der Waals surface area (Å²) in [4.78, 5) is 35.6.